The van der Waals surface area contributed by atoms with Gasteiger partial charge in [-0.05, 0) is 31.0 Å². The fourth-order valence-corrected chi connectivity index (χ4v) is 1.77. The Labute approximate surface area is 117 Å². The zero-order valence-electron chi connectivity index (χ0n) is 10.8. The number of carbonyl (C=O) groups is 2. The summed E-state index contributed by atoms with van der Waals surface area (Å²) in [4.78, 5) is 22.1. The first-order valence-corrected chi connectivity index (χ1v) is 6.45. The maximum Gasteiger partial charge on any atom is 0.315 e. The Balaban J connectivity index is 2.34. The first-order valence-electron chi connectivity index (χ1n) is 6.07. The van der Waals surface area contributed by atoms with Gasteiger partial charge in [0.05, 0.1) is 6.04 Å². The first kappa shape index (κ1) is 15.3. The van der Waals surface area contributed by atoms with E-state index in [0.29, 0.717) is 18.0 Å². The average Bonchev–Trinajstić information content (AvgIpc) is 2.34. The van der Waals surface area contributed by atoms with Crippen molar-refractivity contribution in [3.8, 4) is 0 Å². The number of hydrogen-bond donors (Lipinski definition) is 3. The molecule has 0 saturated carbocycles. The number of amides is 3. The van der Waals surface area contributed by atoms with E-state index in [1.165, 1.54) is 0 Å². The molecule has 0 unspecified atom stereocenters. The highest BCUT2D eigenvalue weighted by molar-refractivity contribution is 6.30. The van der Waals surface area contributed by atoms with Gasteiger partial charge in [0.15, 0.2) is 0 Å². The fraction of sp³-hybridized carbons (Fsp3) is 0.385. The van der Waals surface area contributed by atoms with Crippen LogP contribution in [0.1, 0.15) is 31.4 Å². The van der Waals surface area contributed by atoms with E-state index >= 15 is 0 Å². The van der Waals surface area contributed by atoms with Crippen LogP contribution in [0, 0.1) is 0 Å². The molecule has 3 amide bonds. The third-order valence-electron chi connectivity index (χ3n) is 2.58. The zero-order valence-corrected chi connectivity index (χ0v) is 11.5. The van der Waals surface area contributed by atoms with Crippen molar-refractivity contribution in [2.45, 2.75) is 25.8 Å². The van der Waals surface area contributed by atoms with Crippen LogP contribution in [-0.2, 0) is 4.79 Å². The van der Waals surface area contributed by atoms with Gasteiger partial charge in [-0.15, -0.1) is 0 Å². The maximum absolute atomic E-state index is 11.6. The highest BCUT2D eigenvalue weighted by atomic mass is 35.5. The largest absolute Gasteiger partial charge is 0.370 e. The second-order valence-electron chi connectivity index (χ2n) is 4.25. The normalized spacial score (nSPS) is 11.7. The molecule has 1 rings (SSSR count). The van der Waals surface area contributed by atoms with E-state index in [9.17, 15) is 9.59 Å². The third-order valence-corrected chi connectivity index (χ3v) is 2.82. The van der Waals surface area contributed by atoms with E-state index in [-0.39, 0.29) is 24.4 Å². The SMILES string of the molecule is C[C@@H](NC(=O)NCCCC(N)=O)c1cccc(Cl)c1. The molecule has 0 aromatic heterocycles. The summed E-state index contributed by atoms with van der Waals surface area (Å²) in [6.45, 7) is 2.28. The van der Waals surface area contributed by atoms with E-state index in [4.69, 9.17) is 17.3 Å². The quantitative estimate of drug-likeness (QED) is 0.697. The number of rotatable bonds is 6. The Morgan fingerprint density at radius 2 is 2.16 bits per heavy atom. The van der Waals surface area contributed by atoms with E-state index in [2.05, 4.69) is 10.6 Å². The molecule has 1 aromatic rings. The van der Waals surface area contributed by atoms with Gasteiger partial charge in [-0.25, -0.2) is 4.79 Å². The summed E-state index contributed by atoms with van der Waals surface area (Å²) in [5, 5.41) is 6.08. The number of halogens is 1. The van der Waals surface area contributed by atoms with Crippen LogP contribution in [0.4, 0.5) is 4.79 Å². The lowest BCUT2D eigenvalue weighted by molar-refractivity contribution is -0.118. The molecule has 4 N–H and O–H groups in total. The van der Waals surface area contributed by atoms with Gasteiger partial charge in [0.2, 0.25) is 5.91 Å². The van der Waals surface area contributed by atoms with Crippen LogP contribution in [0.5, 0.6) is 0 Å². The molecule has 0 aliphatic carbocycles. The second kappa shape index (κ2) is 7.63. The van der Waals surface area contributed by atoms with Gasteiger partial charge < -0.3 is 16.4 Å². The van der Waals surface area contributed by atoms with Crippen molar-refractivity contribution in [3.63, 3.8) is 0 Å². The number of benzene rings is 1. The summed E-state index contributed by atoms with van der Waals surface area (Å²) >= 11 is 5.89. The van der Waals surface area contributed by atoms with Crippen LogP contribution in [-0.4, -0.2) is 18.5 Å². The van der Waals surface area contributed by atoms with E-state index in [0.717, 1.165) is 5.56 Å². The molecule has 0 fully saturated rings. The maximum atomic E-state index is 11.6. The molecule has 0 heterocycles. The lowest BCUT2D eigenvalue weighted by atomic mass is 10.1. The van der Waals surface area contributed by atoms with Gasteiger partial charge in [0, 0.05) is 18.0 Å². The Kier molecular flexibility index (Phi) is 6.15. The van der Waals surface area contributed by atoms with Crippen LogP contribution in [0.2, 0.25) is 5.02 Å². The minimum Gasteiger partial charge on any atom is -0.370 e. The lowest BCUT2D eigenvalue weighted by Crippen LogP contribution is -2.37. The zero-order chi connectivity index (χ0) is 14.3. The van der Waals surface area contributed by atoms with Crippen molar-refractivity contribution in [1.29, 1.82) is 0 Å². The second-order valence-corrected chi connectivity index (χ2v) is 4.68. The van der Waals surface area contributed by atoms with Crippen LogP contribution in [0.15, 0.2) is 24.3 Å². The molecule has 0 bridgehead atoms. The topological polar surface area (TPSA) is 84.2 Å². The predicted octanol–water partition coefficient (Wildman–Crippen LogP) is 1.97. The Morgan fingerprint density at radius 3 is 2.79 bits per heavy atom. The molecule has 0 saturated heterocycles. The lowest BCUT2D eigenvalue weighted by Gasteiger charge is -2.15. The minimum atomic E-state index is -0.366. The molecular weight excluding hydrogens is 266 g/mol. The van der Waals surface area contributed by atoms with Gasteiger partial charge >= 0.3 is 6.03 Å². The smallest absolute Gasteiger partial charge is 0.315 e. The van der Waals surface area contributed by atoms with E-state index < -0.39 is 0 Å². The number of primary amides is 1. The summed E-state index contributed by atoms with van der Waals surface area (Å²) in [6, 6.07) is 6.89. The molecular formula is C13H18ClN3O2. The van der Waals surface area contributed by atoms with Crippen LogP contribution in [0.25, 0.3) is 0 Å². The summed E-state index contributed by atoms with van der Waals surface area (Å²) < 4.78 is 0. The first-order chi connectivity index (χ1) is 8.99. The molecule has 104 valence electrons. The van der Waals surface area contributed by atoms with Gasteiger partial charge in [0.1, 0.15) is 0 Å². The summed E-state index contributed by atoms with van der Waals surface area (Å²) in [6.07, 6.45) is 0.804. The van der Waals surface area contributed by atoms with Gasteiger partial charge in [-0.2, -0.15) is 0 Å². The van der Waals surface area contributed by atoms with Crippen molar-refractivity contribution < 1.29 is 9.59 Å². The van der Waals surface area contributed by atoms with Crippen LogP contribution >= 0.6 is 11.6 Å². The average molecular weight is 284 g/mol. The molecule has 0 aliphatic rings. The number of hydrogen-bond acceptors (Lipinski definition) is 2. The molecule has 1 aromatic carbocycles. The van der Waals surface area contributed by atoms with Crippen LogP contribution < -0.4 is 16.4 Å². The Morgan fingerprint density at radius 1 is 1.42 bits per heavy atom. The van der Waals surface area contributed by atoms with Crippen molar-refractivity contribution in [2.75, 3.05) is 6.54 Å². The van der Waals surface area contributed by atoms with Crippen molar-refractivity contribution in [1.82, 2.24) is 10.6 Å². The van der Waals surface area contributed by atoms with Gasteiger partial charge in [0.25, 0.3) is 0 Å². The molecule has 1 atom stereocenters. The highest BCUT2D eigenvalue weighted by Crippen LogP contribution is 2.16. The minimum absolute atomic E-state index is 0.144. The summed E-state index contributed by atoms with van der Waals surface area (Å²) in [5.74, 6) is -0.366. The van der Waals surface area contributed by atoms with Crippen molar-refractivity contribution in [3.05, 3.63) is 34.9 Å². The fourth-order valence-electron chi connectivity index (χ4n) is 1.57. The molecule has 19 heavy (non-hydrogen) atoms. The number of urea groups is 1. The number of nitrogens with two attached hydrogens (primary N) is 1. The Bertz CT molecular complexity index is 451. The molecule has 0 spiro atoms. The van der Waals surface area contributed by atoms with Crippen molar-refractivity contribution >= 4 is 23.5 Å². The molecule has 0 aliphatic heterocycles. The summed E-state index contributed by atoms with van der Waals surface area (Å²) in [7, 11) is 0. The third kappa shape index (κ3) is 6.10. The molecule has 0 radical (unpaired) electrons. The predicted molar refractivity (Wildman–Crippen MR) is 74.8 cm³/mol. The summed E-state index contributed by atoms with van der Waals surface area (Å²) in [5.41, 5.74) is 5.93. The van der Waals surface area contributed by atoms with Crippen molar-refractivity contribution in [2.24, 2.45) is 5.73 Å². The van der Waals surface area contributed by atoms with E-state index in [1.54, 1.807) is 12.1 Å². The van der Waals surface area contributed by atoms with Gasteiger partial charge in [-0.1, -0.05) is 23.7 Å². The highest BCUT2D eigenvalue weighted by Gasteiger charge is 2.09. The van der Waals surface area contributed by atoms with E-state index in [1.807, 2.05) is 19.1 Å². The number of carbonyl (C=O) groups excluding carboxylic acids is 2. The standard InChI is InChI=1S/C13H18ClN3O2/c1-9(10-4-2-5-11(14)8-10)17-13(19)16-7-3-6-12(15)18/h2,4-5,8-9H,3,6-7H2,1H3,(H2,15,18)(H2,16,17,19)/t9-/m1/s1. The number of nitrogens with one attached hydrogen (secondary N) is 2. The monoisotopic (exact) mass is 283 g/mol. The molecule has 5 nitrogen and oxygen atoms in total. The van der Waals surface area contributed by atoms with Gasteiger partial charge in [-0.3, -0.25) is 4.79 Å². The van der Waals surface area contributed by atoms with Crippen LogP contribution in [0.3, 0.4) is 0 Å². The molecule has 6 heteroatoms. The Hall–Kier alpha value is -1.75.